The molecule has 0 heterocycles. The predicted octanol–water partition coefficient (Wildman–Crippen LogP) is 4.59. The lowest BCUT2D eigenvalue weighted by Gasteiger charge is -2.39. The number of hydrogen-bond acceptors (Lipinski definition) is 6. The number of carbonyl (C=O) groups is 4. The summed E-state index contributed by atoms with van der Waals surface area (Å²) in [6.07, 6.45) is -0.0956. The Morgan fingerprint density at radius 3 is 2.16 bits per heavy atom. The zero-order chi connectivity index (χ0) is 29.2. The van der Waals surface area contributed by atoms with Crippen molar-refractivity contribution in [1.82, 2.24) is 15.5 Å². The van der Waals surface area contributed by atoms with Crippen LogP contribution in [-0.2, 0) is 23.9 Å². The van der Waals surface area contributed by atoms with Crippen LogP contribution in [0.25, 0.3) is 0 Å². The number of hydrogen-bond donors (Lipinski definition) is 2. The molecule has 0 aliphatic heterocycles. The van der Waals surface area contributed by atoms with Crippen LogP contribution in [0.4, 0.5) is 4.79 Å². The van der Waals surface area contributed by atoms with E-state index in [2.05, 4.69) is 10.6 Å². The summed E-state index contributed by atoms with van der Waals surface area (Å²) in [5.41, 5.74) is 1.84. The summed E-state index contributed by atoms with van der Waals surface area (Å²) in [7, 11) is 0. The topological polar surface area (TPSA) is 114 Å². The highest BCUT2D eigenvalue weighted by atomic mass is 16.6. The van der Waals surface area contributed by atoms with Crippen molar-refractivity contribution in [3.05, 3.63) is 34.9 Å². The fourth-order valence-corrected chi connectivity index (χ4v) is 4.07. The lowest BCUT2D eigenvalue weighted by atomic mass is 9.93. The van der Waals surface area contributed by atoms with Gasteiger partial charge in [-0.05, 0) is 71.9 Å². The molecule has 0 spiro atoms. The first-order chi connectivity index (χ1) is 17.6. The minimum atomic E-state index is -0.970. The lowest BCUT2D eigenvalue weighted by Crippen LogP contribution is -2.57. The van der Waals surface area contributed by atoms with Crippen LogP contribution in [0.2, 0.25) is 0 Å². The van der Waals surface area contributed by atoms with Crippen molar-refractivity contribution in [2.24, 2.45) is 5.92 Å². The van der Waals surface area contributed by atoms with E-state index >= 15 is 0 Å². The van der Waals surface area contributed by atoms with Crippen LogP contribution >= 0.6 is 0 Å². The van der Waals surface area contributed by atoms with E-state index in [4.69, 9.17) is 9.47 Å². The molecule has 2 N–H and O–H groups in total. The molecule has 1 rings (SSSR count). The van der Waals surface area contributed by atoms with E-state index in [0.717, 1.165) is 11.1 Å². The molecule has 9 heteroatoms. The molecule has 1 aromatic rings. The molecule has 9 nitrogen and oxygen atoms in total. The second kappa shape index (κ2) is 14.7. The number of esters is 1. The van der Waals surface area contributed by atoms with Crippen LogP contribution in [0.5, 0.6) is 0 Å². The molecule has 3 amide bonds. The van der Waals surface area contributed by atoms with Crippen molar-refractivity contribution in [2.75, 3.05) is 13.2 Å². The van der Waals surface area contributed by atoms with Crippen LogP contribution in [0.15, 0.2) is 18.2 Å². The second-order valence-electron chi connectivity index (χ2n) is 11.0. The molecule has 0 aromatic heterocycles. The monoisotopic (exact) mass is 533 g/mol. The SMILES string of the molecule is CCOC(=O)CCNC(=O)C(c1ccc(C)cc1C)N(C(=O)C(NC(=O)OC(C)(C)C)C(C)C)C(C)CC. The Balaban J connectivity index is 3.50. The number of nitrogens with zero attached hydrogens (tertiary/aromatic N) is 1. The smallest absolute Gasteiger partial charge is 0.408 e. The van der Waals surface area contributed by atoms with Crippen LogP contribution in [-0.4, -0.2) is 59.6 Å². The molecule has 0 aliphatic rings. The number of alkyl carbamates (subject to hydrolysis) is 1. The van der Waals surface area contributed by atoms with Gasteiger partial charge in [-0.2, -0.15) is 0 Å². The van der Waals surface area contributed by atoms with E-state index in [0.29, 0.717) is 12.0 Å². The van der Waals surface area contributed by atoms with Gasteiger partial charge in [0, 0.05) is 12.6 Å². The maximum absolute atomic E-state index is 14.2. The molecule has 0 bridgehead atoms. The molecule has 214 valence electrons. The predicted molar refractivity (Wildman–Crippen MR) is 148 cm³/mol. The number of nitrogens with one attached hydrogen (secondary N) is 2. The lowest BCUT2D eigenvalue weighted by molar-refractivity contribution is -0.146. The summed E-state index contributed by atoms with van der Waals surface area (Å²) < 4.78 is 10.4. The van der Waals surface area contributed by atoms with Gasteiger partial charge in [0.2, 0.25) is 11.8 Å². The summed E-state index contributed by atoms with van der Waals surface area (Å²) in [6.45, 7) is 18.7. The van der Waals surface area contributed by atoms with E-state index in [1.807, 2.05) is 59.7 Å². The quantitative estimate of drug-likeness (QED) is 0.380. The van der Waals surface area contributed by atoms with Crippen molar-refractivity contribution in [2.45, 2.75) is 106 Å². The standard InChI is InChI=1S/C29H47N3O6/c1-11-21(7)32(27(35)24(18(3)4)31-28(36)38-29(8,9)10)25(22-14-13-19(5)17-20(22)6)26(34)30-16-15-23(33)37-12-2/h13-14,17-18,21,24-25H,11-12,15-16H2,1-10H3,(H,30,34)(H,31,36). The third kappa shape index (κ3) is 9.99. The normalized spacial score (nSPS) is 13.8. The molecule has 0 fully saturated rings. The van der Waals surface area contributed by atoms with Gasteiger partial charge < -0.3 is 25.0 Å². The van der Waals surface area contributed by atoms with Crippen molar-refractivity contribution in [1.29, 1.82) is 0 Å². The fourth-order valence-electron chi connectivity index (χ4n) is 4.07. The van der Waals surface area contributed by atoms with Gasteiger partial charge >= 0.3 is 12.1 Å². The highest BCUT2D eigenvalue weighted by Gasteiger charge is 2.40. The van der Waals surface area contributed by atoms with Gasteiger partial charge in [0.05, 0.1) is 13.0 Å². The van der Waals surface area contributed by atoms with Crippen LogP contribution in [0.3, 0.4) is 0 Å². The van der Waals surface area contributed by atoms with Crippen molar-refractivity contribution < 1.29 is 28.7 Å². The zero-order valence-corrected chi connectivity index (χ0v) is 24.8. The van der Waals surface area contributed by atoms with Gasteiger partial charge in [0.15, 0.2) is 0 Å². The minimum absolute atomic E-state index is 0.0191. The van der Waals surface area contributed by atoms with Gasteiger partial charge in [-0.3, -0.25) is 14.4 Å². The Kier molecular flexibility index (Phi) is 12.8. The first kappa shape index (κ1) is 32.9. The van der Waals surface area contributed by atoms with Crippen molar-refractivity contribution in [3.63, 3.8) is 0 Å². The maximum atomic E-state index is 14.2. The minimum Gasteiger partial charge on any atom is -0.466 e. The second-order valence-corrected chi connectivity index (χ2v) is 11.0. The van der Waals surface area contributed by atoms with Gasteiger partial charge in [0.25, 0.3) is 0 Å². The first-order valence-electron chi connectivity index (χ1n) is 13.4. The van der Waals surface area contributed by atoms with E-state index < -0.39 is 35.7 Å². The van der Waals surface area contributed by atoms with E-state index in [1.54, 1.807) is 32.6 Å². The molecule has 0 radical (unpaired) electrons. The molecular weight excluding hydrogens is 486 g/mol. The van der Waals surface area contributed by atoms with E-state index in [-0.39, 0.29) is 37.4 Å². The zero-order valence-electron chi connectivity index (χ0n) is 24.8. The van der Waals surface area contributed by atoms with Crippen molar-refractivity contribution in [3.8, 4) is 0 Å². The molecule has 1 aromatic carbocycles. The Morgan fingerprint density at radius 1 is 1.03 bits per heavy atom. The highest BCUT2D eigenvalue weighted by Crippen LogP contribution is 2.30. The summed E-state index contributed by atoms with van der Waals surface area (Å²) in [4.78, 5) is 53.9. The molecule has 3 atom stereocenters. The van der Waals surface area contributed by atoms with E-state index in [1.165, 1.54) is 0 Å². The van der Waals surface area contributed by atoms with Gasteiger partial charge in [-0.25, -0.2) is 4.79 Å². The molecular formula is C29H47N3O6. The summed E-state index contributed by atoms with van der Waals surface area (Å²) in [6, 6.07) is 3.51. The highest BCUT2D eigenvalue weighted by molar-refractivity contribution is 5.92. The molecule has 0 saturated heterocycles. The fraction of sp³-hybridized carbons (Fsp3) is 0.655. The molecule has 0 aliphatic carbocycles. The van der Waals surface area contributed by atoms with Crippen LogP contribution in [0, 0.1) is 19.8 Å². The number of benzene rings is 1. The third-order valence-electron chi connectivity index (χ3n) is 6.11. The molecule has 0 saturated carbocycles. The van der Waals surface area contributed by atoms with Crippen LogP contribution < -0.4 is 10.6 Å². The summed E-state index contributed by atoms with van der Waals surface area (Å²) in [5.74, 6) is -1.47. The Labute approximate surface area is 228 Å². The molecule has 38 heavy (non-hydrogen) atoms. The van der Waals surface area contributed by atoms with Gasteiger partial charge in [-0.1, -0.05) is 44.5 Å². The summed E-state index contributed by atoms with van der Waals surface area (Å²) in [5, 5.41) is 5.55. The average Bonchev–Trinajstić information content (AvgIpc) is 2.79. The van der Waals surface area contributed by atoms with Crippen molar-refractivity contribution >= 4 is 23.9 Å². The van der Waals surface area contributed by atoms with Gasteiger partial charge in [0.1, 0.15) is 17.7 Å². The summed E-state index contributed by atoms with van der Waals surface area (Å²) >= 11 is 0. The Bertz CT molecular complexity index is 970. The number of aryl methyl sites for hydroxylation is 2. The average molecular weight is 534 g/mol. The first-order valence-corrected chi connectivity index (χ1v) is 13.4. The number of amides is 3. The number of carbonyl (C=O) groups excluding carboxylic acids is 4. The Hall–Kier alpha value is -3.10. The maximum Gasteiger partial charge on any atom is 0.408 e. The van der Waals surface area contributed by atoms with Gasteiger partial charge in [-0.15, -0.1) is 0 Å². The third-order valence-corrected chi connectivity index (χ3v) is 6.11. The molecule has 3 unspecified atom stereocenters. The number of ether oxygens (including phenoxy) is 2. The van der Waals surface area contributed by atoms with Crippen LogP contribution in [0.1, 0.15) is 91.0 Å². The number of rotatable bonds is 12. The largest absolute Gasteiger partial charge is 0.466 e. The van der Waals surface area contributed by atoms with E-state index in [9.17, 15) is 19.2 Å². The Morgan fingerprint density at radius 2 is 1.66 bits per heavy atom.